The summed E-state index contributed by atoms with van der Waals surface area (Å²) >= 11 is 0. The Morgan fingerprint density at radius 3 is 2.60 bits per heavy atom. The summed E-state index contributed by atoms with van der Waals surface area (Å²) in [5.74, 6) is 0.582. The van der Waals surface area contributed by atoms with E-state index < -0.39 is 0 Å². The molecule has 0 bridgehead atoms. The highest BCUT2D eigenvalue weighted by Crippen LogP contribution is 2.19. The molecule has 1 aliphatic carbocycles. The molecule has 0 atom stereocenters. The predicted octanol–water partition coefficient (Wildman–Crippen LogP) is 3.30. The Morgan fingerprint density at radius 1 is 1.13 bits per heavy atom. The minimum Gasteiger partial charge on any atom is -0.428 e. The summed E-state index contributed by atoms with van der Waals surface area (Å²) in [5, 5.41) is 0. The number of hydrogen-bond donors (Lipinski definition) is 0. The van der Waals surface area contributed by atoms with Gasteiger partial charge in [-0.05, 0) is 37.5 Å². The average Bonchev–Trinajstić information content (AvgIpc) is 2.31. The van der Waals surface area contributed by atoms with E-state index in [0.29, 0.717) is 5.56 Å². The molecule has 15 heavy (non-hydrogen) atoms. The molecule has 0 N–H and O–H groups in total. The van der Waals surface area contributed by atoms with Crippen molar-refractivity contribution < 1.29 is 9.53 Å². The molecule has 2 heteroatoms. The second kappa shape index (κ2) is 4.78. The van der Waals surface area contributed by atoms with Gasteiger partial charge in [-0.2, -0.15) is 0 Å². The number of carbonyl (C=O) groups is 1. The molecule has 78 valence electrons. The molecular formula is C13H14O2. The van der Waals surface area contributed by atoms with Gasteiger partial charge in [0.25, 0.3) is 0 Å². The summed E-state index contributed by atoms with van der Waals surface area (Å²) in [6.45, 7) is 0. The Kier molecular flexibility index (Phi) is 3.18. The molecule has 0 saturated heterocycles. The van der Waals surface area contributed by atoms with E-state index in [4.69, 9.17) is 4.74 Å². The SMILES string of the molecule is O=C(OC1=CCCCC1)c1ccccc1. The van der Waals surface area contributed by atoms with Crippen molar-refractivity contribution in [2.75, 3.05) is 0 Å². The fourth-order valence-corrected chi connectivity index (χ4v) is 1.65. The molecule has 0 aromatic heterocycles. The number of allylic oxidation sites excluding steroid dienone is 2. The van der Waals surface area contributed by atoms with Gasteiger partial charge in [-0.1, -0.05) is 18.2 Å². The third-order valence-electron chi connectivity index (χ3n) is 2.48. The van der Waals surface area contributed by atoms with Gasteiger partial charge in [0.15, 0.2) is 0 Å². The summed E-state index contributed by atoms with van der Waals surface area (Å²) < 4.78 is 5.30. The summed E-state index contributed by atoms with van der Waals surface area (Å²) in [6, 6.07) is 9.10. The van der Waals surface area contributed by atoms with E-state index in [2.05, 4.69) is 0 Å². The smallest absolute Gasteiger partial charge is 0.343 e. The second-order valence-corrected chi connectivity index (χ2v) is 3.67. The molecule has 2 rings (SSSR count). The fraction of sp³-hybridized carbons (Fsp3) is 0.308. The van der Waals surface area contributed by atoms with Crippen LogP contribution in [-0.2, 0) is 4.74 Å². The molecule has 1 aliphatic rings. The van der Waals surface area contributed by atoms with Crippen LogP contribution in [0.3, 0.4) is 0 Å². The molecule has 0 unspecified atom stereocenters. The topological polar surface area (TPSA) is 26.3 Å². The van der Waals surface area contributed by atoms with E-state index in [1.165, 1.54) is 6.42 Å². The molecular weight excluding hydrogens is 188 g/mol. The van der Waals surface area contributed by atoms with E-state index in [-0.39, 0.29) is 5.97 Å². The summed E-state index contributed by atoms with van der Waals surface area (Å²) in [7, 11) is 0. The monoisotopic (exact) mass is 202 g/mol. The number of esters is 1. The van der Waals surface area contributed by atoms with Crippen molar-refractivity contribution in [1.29, 1.82) is 0 Å². The Bertz CT molecular complexity index is 365. The normalized spacial score (nSPS) is 15.6. The van der Waals surface area contributed by atoms with Crippen molar-refractivity contribution in [1.82, 2.24) is 0 Å². The number of benzene rings is 1. The van der Waals surface area contributed by atoms with Gasteiger partial charge in [-0.25, -0.2) is 4.79 Å². The first-order chi connectivity index (χ1) is 7.36. The molecule has 2 nitrogen and oxygen atoms in total. The van der Waals surface area contributed by atoms with Gasteiger partial charge in [-0.3, -0.25) is 0 Å². The summed E-state index contributed by atoms with van der Waals surface area (Å²) in [5.41, 5.74) is 0.615. The molecule has 0 fully saturated rings. The van der Waals surface area contributed by atoms with Crippen LogP contribution in [0.25, 0.3) is 0 Å². The first kappa shape index (κ1) is 9.97. The van der Waals surface area contributed by atoms with Crippen molar-refractivity contribution in [3.63, 3.8) is 0 Å². The van der Waals surface area contributed by atoms with Gasteiger partial charge in [0.1, 0.15) is 5.76 Å². The largest absolute Gasteiger partial charge is 0.428 e. The average molecular weight is 202 g/mol. The lowest BCUT2D eigenvalue weighted by Crippen LogP contribution is -2.06. The first-order valence-corrected chi connectivity index (χ1v) is 5.32. The number of ether oxygens (including phenoxy) is 1. The molecule has 0 amide bonds. The van der Waals surface area contributed by atoms with E-state index in [0.717, 1.165) is 25.0 Å². The standard InChI is InChI=1S/C13H14O2/c14-13(11-7-3-1-4-8-11)15-12-9-5-2-6-10-12/h1,3-4,7-9H,2,5-6,10H2. The maximum absolute atomic E-state index is 11.6. The van der Waals surface area contributed by atoms with Gasteiger partial charge in [-0.15, -0.1) is 0 Å². The van der Waals surface area contributed by atoms with Crippen molar-refractivity contribution >= 4 is 5.97 Å². The number of hydrogen-bond acceptors (Lipinski definition) is 2. The van der Waals surface area contributed by atoms with E-state index in [1.807, 2.05) is 24.3 Å². The highest BCUT2D eigenvalue weighted by molar-refractivity contribution is 5.89. The molecule has 0 saturated carbocycles. The lowest BCUT2D eigenvalue weighted by Gasteiger charge is -2.12. The van der Waals surface area contributed by atoms with E-state index in [1.54, 1.807) is 12.1 Å². The third kappa shape index (κ3) is 2.69. The van der Waals surface area contributed by atoms with Crippen LogP contribution in [-0.4, -0.2) is 5.97 Å². The Balaban J connectivity index is 2.01. The van der Waals surface area contributed by atoms with Gasteiger partial charge in [0.05, 0.1) is 5.56 Å². The van der Waals surface area contributed by atoms with E-state index in [9.17, 15) is 4.79 Å². The highest BCUT2D eigenvalue weighted by Gasteiger charge is 2.11. The van der Waals surface area contributed by atoms with Crippen LogP contribution in [0.4, 0.5) is 0 Å². The molecule has 1 aromatic carbocycles. The van der Waals surface area contributed by atoms with Crippen molar-refractivity contribution in [3.8, 4) is 0 Å². The quantitative estimate of drug-likeness (QED) is 0.688. The minimum absolute atomic E-state index is 0.247. The Labute approximate surface area is 89.6 Å². The van der Waals surface area contributed by atoms with Crippen LogP contribution >= 0.6 is 0 Å². The highest BCUT2D eigenvalue weighted by atomic mass is 16.5. The second-order valence-electron chi connectivity index (χ2n) is 3.67. The van der Waals surface area contributed by atoms with Gasteiger partial charge in [0, 0.05) is 6.42 Å². The lowest BCUT2D eigenvalue weighted by molar-refractivity contribution is 0.0608. The van der Waals surface area contributed by atoms with Gasteiger partial charge >= 0.3 is 5.97 Å². The first-order valence-electron chi connectivity index (χ1n) is 5.32. The maximum atomic E-state index is 11.6. The van der Waals surface area contributed by atoms with Crippen molar-refractivity contribution in [2.45, 2.75) is 25.7 Å². The molecule has 1 aromatic rings. The fourth-order valence-electron chi connectivity index (χ4n) is 1.65. The summed E-state index contributed by atoms with van der Waals surface area (Å²) in [4.78, 5) is 11.6. The van der Waals surface area contributed by atoms with Crippen LogP contribution in [0.2, 0.25) is 0 Å². The number of carbonyl (C=O) groups excluding carboxylic acids is 1. The Hall–Kier alpha value is -1.57. The third-order valence-corrected chi connectivity index (χ3v) is 2.48. The minimum atomic E-state index is -0.247. The van der Waals surface area contributed by atoms with E-state index >= 15 is 0 Å². The molecule has 0 radical (unpaired) electrons. The van der Waals surface area contributed by atoms with Gasteiger partial charge in [0.2, 0.25) is 0 Å². The zero-order chi connectivity index (χ0) is 10.5. The molecule has 0 heterocycles. The lowest BCUT2D eigenvalue weighted by atomic mass is 10.1. The van der Waals surface area contributed by atoms with Crippen LogP contribution in [0.15, 0.2) is 42.2 Å². The van der Waals surface area contributed by atoms with Crippen LogP contribution in [0.5, 0.6) is 0 Å². The molecule has 0 spiro atoms. The van der Waals surface area contributed by atoms with Crippen molar-refractivity contribution in [3.05, 3.63) is 47.7 Å². The molecule has 0 aliphatic heterocycles. The number of rotatable bonds is 2. The predicted molar refractivity (Wildman–Crippen MR) is 58.4 cm³/mol. The van der Waals surface area contributed by atoms with Crippen molar-refractivity contribution in [2.24, 2.45) is 0 Å². The maximum Gasteiger partial charge on any atom is 0.343 e. The van der Waals surface area contributed by atoms with Crippen LogP contribution in [0.1, 0.15) is 36.0 Å². The zero-order valence-electron chi connectivity index (χ0n) is 8.61. The van der Waals surface area contributed by atoms with Crippen LogP contribution in [0, 0.1) is 0 Å². The summed E-state index contributed by atoms with van der Waals surface area (Å²) in [6.07, 6.45) is 6.25. The van der Waals surface area contributed by atoms with Gasteiger partial charge < -0.3 is 4.74 Å². The Morgan fingerprint density at radius 2 is 1.93 bits per heavy atom. The van der Waals surface area contributed by atoms with Crippen LogP contribution < -0.4 is 0 Å². The zero-order valence-corrected chi connectivity index (χ0v) is 8.61.